The van der Waals surface area contributed by atoms with Crippen LogP contribution in [0.4, 0.5) is 11.5 Å². The molecule has 0 radical (unpaired) electrons. The largest absolute Gasteiger partial charge is 0.360 e. The second-order valence-electron chi connectivity index (χ2n) is 8.64. The zero-order chi connectivity index (χ0) is 24.2. The first-order valence-corrected chi connectivity index (χ1v) is 11.4. The molecular weight excluding hydrogens is 434 g/mol. The van der Waals surface area contributed by atoms with Gasteiger partial charge in [0.25, 0.3) is 0 Å². The lowest BCUT2D eigenvalue weighted by Gasteiger charge is -2.37. The van der Waals surface area contributed by atoms with Gasteiger partial charge in [0.15, 0.2) is 5.82 Å². The number of nitrogens with one attached hydrogen (secondary N) is 2. The zero-order valence-electron chi connectivity index (χ0n) is 20.0. The van der Waals surface area contributed by atoms with Gasteiger partial charge < -0.3 is 15.2 Å². The van der Waals surface area contributed by atoms with E-state index in [0.717, 1.165) is 22.8 Å². The molecule has 0 saturated carbocycles. The summed E-state index contributed by atoms with van der Waals surface area (Å²) in [5.74, 6) is 0.877. The number of aryl methyl sites for hydroxylation is 2. The molecule has 34 heavy (non-hydrogen) atoms. The molecule has 1 aliphatic rings. The van der Waals surface area contributed by atoms with E-state index in [0.29, 0.717) is 37.8 Å². The summed E-state index contributed by atoms with van der Waals surface area (Å²) in [6.07, 6.45) is 0. The number of aromatic nitrogens is 3. The quantitative estimate of drug-likeness (QED) is 0.551. The molecule has 2 amide bonds. The van der Waals surface area contributed by atoms with Gasteiger partial charge in [-0.3, -0.25) is 19.4 Å². The highest BCUT2D eigenvalue weighted by atomic mass is 16.5. The van der Waals surface area contributed by atoms with Gasteiger partial charge in [-0.25, -0.2) is 4.68 Å². The minimum absolute atomic E-state index is 0.0635. The predicted octanol–water partition coefficient (Wildman–Crippen LogP) is 2.37. The van der Waals surface area contributed by atoms with Crippen LogP contribution in [0.25, 0.3) is 5.69 Å². The van der Waals surface area contributed by atoms with E-state index in [-0.39, 0.29) is 24.4 Å². The van der Waals surface area contributed by atoms with E-state index in [1.165, 1.54) is 0 Å². The van der Waals surface area contributed by atoms with Gasteiger partial charge in [0.2, 0.25) is 11.8 Å². The van der Waals surface area contributed by atoms with E-state index < -0.39 is 0 Å². The first-order valence-electron chi connectivity index (χ1n) is 11.4. The van der Waals surface area contributed by atoms with Crippen LogP contribution in [0.2, 0.25) is 0 Å². The van der Waals surface area contributed by atoms with Crippen molar-refractivity contribution in [2.45, 2.75) is 33.7 Å². The third-order valence-electron chi connectivity index (χ3n) is 6.14. The van der Waals surface area contributed by atoms with Crippen LogP contribution >= 0.6 is 0 Å². The lowest BCUT2D eigenvalue weighted by molar-refractivity contribution is -0.122. The fraction of sp³-hybridized carbons (Fsp3) is 0.417. The Morgan fingerprint density at radius 3 is 2.41 bits per heavy atom. The van der Waals surface area contributed by atoms with Crippen LogP contribution < -0.4 is 10.6 Å². The van der Waals surface area contributed by atoms with Crippen molar-refractivity contribution in [3.05, 3.63) is 53.5 Å². The van der Waals surface area contributed by atoms with Gasteiger partial charge in [-0.15, -0.1) is 0 Å². The molecule has 1 saturated heterocycles. The summed E-state index contributed by atoms with van der Waals surface area (Å²) in [5, 5.41) is 14.2. The number of nitrogens with zero attached hydrogens (tertiary/aromatic N) is 5. The Hall–Kier alpha value is -3.50. The fourth-order valence-electron chi connectivity index (χ4n) is 4.16. The van der Waals surface area contributed by atoms with Crippen LogP contribution in [-0.2, 0) is 9.59 Å². The molecule has 2 aromatic heterocycles. The van der Waals surface area contributed by atoms with Crippen LogP contribution in [0.3, 0.4) is 0 Å². The molecule has 0 bridgehead atoms. The molecule has 1 atom stereocenters. The van der Waals surface area contributed by atoms with Crippen LogP contribution in [-0.4, -0.2) is 75.3 Å². The van der Waals surface area contributed by atoms with Crippen molar-refractivity contribution in [2.24, 2.45) is 0 Å². The molecule has 4 rings (SSSR count). The second kappa shape index (κ2) is 10.2. The molecule has 1 aromatic carbocycles. The molecule has 1 aliphatic heterocycles. The number of piperazine rings is 1. The van der Waals surface area contributed by atoms with Gasteiger partial charge in [-0.05, 0) is 39.8 Å². The highest BCUT2D eigenvalue weighted by molar-refractivity contribution is 5.95. The Labute approximate surface area is 198 Å². The van der Waals surface area contributed by atoms with Crippen molar-refractivity contribution >= 4 is 23.3 Å². The Kier molecular flexibility index (Phi) is 7.09. The molecule has 1 unspecified atom stereocenters. The number of benzene rings is 1. The van der Waals surface area contributed by atoms with Crippen molar-refractivity contribution in [2.75, 3.05) is 43.4 Å². The molecule has 1 fully saturated rings. The molecule has 180 valence electrons. The van der Waals surface area contributed by atoms with E-state index in [9.17, 15) is 9.59 Å². The topological polar surface area (TPSA) is 109 Å². The normalized spacial score (nSPS) is 15.8. The van der Waals surface area contributed by atoms with Crippen molar-refractivity contribution < 1.29 is 14.1 Å². The maximum absolute atomic E-state index is 13.0. The lowest BCUT2D eigenvalue weighted by atomic mass is 10.2. The van der Waals surface area contributed by atoms with Gasteiger partial charge in [-0.1, -0.05) is 23.4 Å². The first-order chi connectivity index (χ1) is 16.3. The number of hydrogen-bond acceptors (Lipinski definition) is 7. The third kappa shape index (κ3) is 5.35. The highest BCUT2D eigenvalue weighted by Gasteiger charge is 2.27. The van der Waals surface area contributed by atoms with Crippen LogP contribution in [0.5, 0.6) is 0 Å². The Balaban J connectivity index is 1.29. The summed E-state index contributed by atoms with van der Waals surface area (Å²) < 4.78 is 6.82. The molecule has 2 N–H and O–H groups in total. The summed E-state index contributed by atoms with van der Waals surface area (Å²) in [7, 11) is 0. The monoisotopic (exact) mass is 465 g/mol. The van der Waals surface area contributed by atoms with Gasteiger partial charge in [0.1, 0.15) is 5.76 Å². The first kappa shape index (κ1) is 23.7. The highest BCUT2D eigenvalue weighted by Crippen LogP contribution is 2.23. The van der Waals surface area contributed by atoms with E-state index in [2.05, 4.69) is 30.7 Å². The number of rotatable bonds is 7. The van der Waals surface area contributed by atoms with Gasteiger partial charge >= 0.3 is 0 Å². The van der Waals surface area contributed by atoms with Crippen molar-refractivity contribution in [1.29, 1.82) is 0 Å². The van der Waals surface area contributed by atoms with Gasteiger partial charge in [-0.2, -0.15) is 5.10 Å². The number of hydrogen-bond donors (Lipinski definition) is 2. The summed E-state index contributed by atoms with van der Waals surface area (Å²) in [4.78, 5) is 29.5. The van der Waals surface area contributed by atoms with Crippen molar-refractivity contribution in [3.63, 3.8) is 0 Å². The standard InChI is InChI=1S/C24H31N7O3/c1-16-14-21(28-34-16)25-22(32)15-29-10-12-30(13-11-29)19(4)24(33)26-23-17(2)27-31(18(23)3)20-8-6-5-7-9-20/h5-9,14,19H,10-13,15H2,1-4H3,(H,26,33)(H,25,28,32). The van der Waals surface area contributed by atoms with Gasteiger partial charge in [0.05, 0.1) is 35.3 Å². The minimum Gasteiger partial charge on any atom is -0.360 e. The molecule has 3 aromatic rings. The molecule has 0 aliphatic carbocycles. The Morgan fingerprint density at radius 2 is 1.76 bits per heavy atom. The Bertz CT molecular complexity index is 1150. The molecular formula is C24H31N7O3. The van der Waals surface area contributed by atoms with Gasteiger partial charge in [0, 0.05) is 32.2 Å². The number of carbonyl (C=O) groups is 2. The maximum atomic E-state index is 13.0. The van der Waals surface area contributed by atoms with E-state index >= 15 is 0 Å². The zero-order valence-corrected chi connectivity index (χ0v) is 20.0. The Morgan fingerprint density at radius 1 is 1.06 bits per heavy atom. The number of amides is 2. The molecule has 10 nitrogen and oxygen atoms in total. The predicted molar refractivity (Wildman–Crippen MR) is 129 cm³/mol. The number of anilines is 2. The van der Waals surface area contributed by atoms with E-state index in [1.807, 2.05) is 55.8 Å². The van der Waals surface area contributed by atoms with E-state index in [1.54, 1.807) is 13.0 Å². The van der Waals surface area contributed by atoms with Crippen LogP contribution in [0, 0.1) is 20.8 Å². The van der Waals surface area contributed by atoms with Crippen molar-refractivity contribution in [1.82, 2.24) is 24.7 Å². The average molecular weight is 466 g/mol. The number of carbonyl (C=O) groups excluding carboxylic acids is 2. The summed E-state index contributed by atoms with van der Waals surface area (Å²) in [6.45, 7) is 10.6. The summed E-state index contributed by atoms with van der Waals surface area (Å²) >= 11 is 0. The van der Waals surface area contributed by atoms with E-state index in [4.69, 9.17) is 4.52 Å². The molecule has 0 spiro atoms. The van der Waals surface area contributed by atoms with Crippen molar-refractivity contribution in [3.8, 4) is 5.69 Å². The summed E-state index contributed by atoms with van der Waals surface area (Å²) in [6, 6.07) is 11.2. The van der Waals surface area contributed by atoms with Crippen LogP contribution in [0.15, 0.2) is 40.9 Å². The third-order valence-corrected chi connectivity index (χ3v) is 6.14. The van der Waals surface area contributed by atoms with Crippen LogP contribution in [0.1, 0.15) is 24.1 Å². The fourth-order valence-corrected chi connectivity index (χ4v) is 4.16. The molecule has 10 heteroatoms. The maximum Gasteiger partial charge on any atom is 0.241 e. The second-order valence-corrected chi connectivity index (χ2v) is 8.64. The average Bonchev–Trinajstić information content (AvgIpc) is 3.36. The minimum atomic E-state index is -0.298. The SMILES string of the molecule is Cc1cc(NC(=O)CN2CCN(C(C)C(=O)Nc3c(C)nn(-c4ccccc4)c3C)CC2)no1. The summed E-state index contributed by atoms with van der Waals surface area (Å²) in [5.41, 5.74) is 3.37. The number of para-hydroxylation sites is 1. The molecule has 3 heterocycles. The smallest absolute Gasteiger partial charge is 0.241 e. The lowest BCUT2D eigenvalue weighted by Crippen LogP contribution is -2.53.